The topological polar surface area (TPSA) is 49.4 Å². The first-order valence-electron chi connectivity index (χ1n) is 7.54. The molecule has 1 saturated heterocycles. The number of amides is 3. The van der Waals surface area contributed by atoms with Crippen molar-refractivity contribution in [2.75, 3.05) is 6.54 Å². The van der Waals surface area contributed by atoms with Gasteiger partial charge in [-0.25, -0.2) is 4.79 Å². The van der Waals surface area contributed by atoms with Crippen molar-refractivity contribution in [3.8, 4) is 0 Å². The highest BCUT2D eigenvalue weighted by atomic mass is 35.5. The number of urea groups is 1. The highest BCUT2D eigenvalue weighted by Gasteiger charge is 2.58. The molecular weight excluding hydrogens is 323 g/mol. The van der Waals surface area contributed by atoms with Crippen LogP contribution in [0.1, 0.15) is 30.4 Å². The Morgan fingerprint density at radius 3 is 2.73 bits per heavy atom. The van der Waals surface area contributed by atoms with E-state index in [0.29, 0.717) is 19.4 Å². The van der Waals surface area contributed by atoms with Crippen molar-refractivity contribution in [1.82, 2.24) is 10.2 Å². The van der Waals surface area contributed by atoms with Gasteiger partial charge in [-0.1, -0.05) is 24.3 Å². The molecular formula is C16H16Cl2N2O2. The summed E-state index contributed by atoms with van der Waals surface area (Å²) in [5, 5.41) is 2.94. The zero-order valence-corrected chi connectivity index (χ0v) is 13.5. The fraction of sp³-hybridized carbons (Fsp3) is 0.500. The van der Waals surface area contributed by atoms with Gasteiger partial charge in [-0.2, -0.15) is 0 Å². The first-order chi connectivity index (χ1) is 10.4. The molecule has 1 aromatic rings. The Labute approximate surface area is 138 Å². The second-order valence-corrected chi connectivity index (χ2v) is 7.97. The van der Waals surface area contributed by atoms with Crippen molar-refractivity contribution in [3.63, 3.8) is 0 Å². The van der Waals surface area contributed by atoms with Gasteiger partial charge in [0.2, 0.25) is 0 Å². The minimum atomic E-state index is -0.901. The highest BCUT2D eigenvalue weighted by Crippen LogP contribution is 2.54. The van der Waals surface area contributed by atoms with Crippen LogP contribution >= 0.6 is 23.2 Å². The number of halogens is 2. The van der Waals surface area contributed by atoms with Crippen LogP contribution < -0.4 is 5.32 Å². The van der Waals surface area contributed by atoms with Crippen LogP contribution in [0, 0.1) is 5.92 Å². The number of carbonyl (C=O) groups is 2. The zero-order valence-electron chi connectivity index (χ0n) is 11.9. The lowest BCUT2D eigenvalue weighted by Crippen LogP contribution is -2.46. The van der Waals surface area contributed by atoms with Gasteiger partial charge < -0.3 is 5.32 Å². The molecule has 0 radical (unpaired) electrons. The summed E-state index contributed by atoms with van der Waals surface area (Å²) in [6, 6.07) is 7.52. The summed E-state index contributed by atoms with van der Waals surface area (Å²) in [4.78, 5) is 26.6. The van der Waals surface area contributed by atoms with Gasteiger partial charge in [-0.05, 0) is 36.8 Å². The van der Waals surface area contributed by atoms with E-state index < -0.39 is 9.87 Å². The SMILES string of the molecule is O=C1NC2(CCCc3ccccc32)C(=O)N1CC1CC1(Cl)Cl. The average Bonchev–Trinajstić information content (AvgIpc) is 3.03. The molecule has 2 aliphatic carbocycles. The molecule has 0 bridgehead atoms. The van der Waals surface area contributed by atoms with Gasteiger partial charge in [-0.15, -0.1) is 23.2 Å². The van der Waals surface area contributed by atoms with Crippen LogP contribution in [0.4, 0.5) is 4.79 Å². The maximum Gasteiger partial charge on any atom is 0.325 e. The van der Waals surface area contributed by atoms with E-state index in [1.165, 1.54) is 4.90 Å². The molecule has 2 unspecified atom stereocenters. The monoisotopic (exact) mass is 338 g/mol. The fourth-order valence-corrected chi connectivity index (χ4v) is 4.18. The third-order valence-electron chi connectivity index (χ3n) is 5.01. The molecule has 2 atom stereocenters. The van der Waals surface area contributed by atoms with Crippen LogP contribution in [0.3, 0.4) is 0 Å². The van der Waals surface area contributed by atoms with Crippen molar-refractivity contribution in [3.05, 3.63) is 35.4 Å². The minimum absolute atomic E-state index is 0.0282. The molecule has 4 rings (SSSR count). The van der Waals surface area contributed by atoms with E-state index >= 15 is 0 Å². The second kappa shape index (κ2) is 4.62. The van der Waals surface area contributed by atoms with Crippen molar-refractivity contribution in [1.29, 1.82) is 0 Å². The van der Waals surface area contributed by atoms with E-state index in [2.05, 4.69) is 5.32 Å². The molecule has 1 spiro atoms. The van der Waals surface area contributed by atoms with E-state index in [-0.39, 0.29) is 17.9 Å². The Hall–Kier alpha value is -1.26. The molecule has 3 amide bonds. The predicted octanol–water partition coefficient (Wildman–Crippen LogP) is 2.96. The van der Waals surface area contributed by atoms with Gasteiger partial charge in [0.15, 0.2) is 0 Å². The number of carbonyl (C=O) groups excluding carboxylic acids is 2. The van der Waals surface area contributed by atoms with Gasteiger partial charge in [-0.3, -0.25) is 9.69 Å². The Kier molecular flexibility index (Phi) is 3.01. The lowest BCUT2D eigenvalue weighted by atomic mass is 9.76. The number of alkyl halides is 2. The maximum absolute atomic E-state index is 13.0. The number of aryl methyl sites for hydroxylation is 1. The Morgan fingerprint density at radius 1 is 1.27 bits per heavy atom. The number of hydrogen-bond donors (Lipinski definition) is 1. The van der Waals surface area contributed by atoms with Crippen LogP contribution in [0.15, 0.2) is 24.3 Å². The van der Waals surface area contributed by atoms with Gasteiger partial charge in [0.25, 0.3) is 5.91 Å². The van der Waals surface area contributed by atoms with Gasteiger partial charge in [0.1, 0.15) is 9.87 Å². The summed E-state index contributed by atoms with van der Waals surface area (Å²) in [6.45, 7) is 0.293. The van der Waals surface area contributed by atoms with Crippen LogP contribution in [-0.4, -0.2) is 27.7 Å². The van der Waals surface area contributed by atoms with E-state index in [9.17, 15) is 9.59 Å². The van der Waals surface area contributed by atoms with Crippen LogP contribution in [0.2, 0.25) is 0 Å². The molecule has 22 heavy (non-hydrogen) atoms. The second-order valence-electron chi connectivity index (χ2n) is 6.42. The largest absolute Gasteiger partial charge is 0.325 e. The third-order valence-corrected chi connectivity index (χ3v) is 5.94. The van der Waals surface area contributed by atoms with E-state index in [0.717, 1.165) is 24.0 Å². The van der Waals surface area contributed by atoms with Crippen molar-refractivity contribution in [2.24, 2.45) is 5.92 Å². The Morgan fingerprint density at radius 2 is 2.00 bits per heavy atom. The molecule has 6 heteroatoms. The number of rotatable bonds is 2. The number of fused-ring (bicyclic) bond motifs is 2. The molecule has 1 N–H and O–H groups in total. The molecule has 1 heterocycles. The first kappa shape index (κ1) is 14.3. The number of imide groups is 1. The lowest BCUT2D eigenvalue weighted by molar-refractivity contribution is -0.132. The standard InChI is InChI=1S/C16H16Cl2N2O2/c17-16(18)8-11(16)9-20-13(21)15(19-14(20)22)7-3-5-10-4-1-2-6-12(10)15/h1-2,4,6,11H,3,5,7-9H2,(H,19,22). The van der Waals surface area contributed by atoms with E-state index in [4.69, 9.17) is 23.2 Å². The number of nitrogens with one attached hydrogen (secondary N) is 1. The summed E-state index contributed by atoms with van der Waals surface area (Å²) in [5.74, 6) is -0.194. The molecule has 116 valence electrons. The lowest BCUT2D eigenvalue weighted by Gasteiger charge is -2.33. The minimum Gasteiger partial charge on any atom is -0.319 e. The highest BCUT2D eigenvalue weighted by molar-refractivity contribution is 6.50. The van der Waals surface area contributed by atoms with Crippen LogP contribution in [0.5, 0.6) is 0 Å². The van der Waals surface area contributed by atoms with E-state index in [1.807, 2.05) is 24.3 Å². The van der Waals surface area contributed by atoms with Gasteiger partial charge >= 0.3 is 6.03 Å². The molecule has 1 aliphatic heterocycles. The van der Waals surface area contributed by atoms with Gasteiger partial charge in [0.05, 0.1) is 0 Å². The molecule has 1 saturated carbocycles. The number of nitrogens with zero attached hydrogens (tertiary/aromatic N) is 1. The number of hydrogen-bond acceptors (Lipinski definition) is 2. The normalized spacial score (nSPS) is 32.1. The zero-order chi connectivity index (χ0) is 15.5. The maximum atomic E-state index is 13.0. The summed E-state index contributed by atoms with van der Waals surface area (Å²) in [7, 11) is 0. The quantitative estimate of drug-likeness (QED) is 0.665. The summed E-state index contributed by atoms with van der Waals surface area (Å²) >= 11 is 12.1. The molecule has 0 aromatic heterocycles. The summed E-state index contributed by atoms with van der Waals surface area (Å²) in [6.07, 6.45) is 3.09. The Bertz CT molecular complexity index is 676. The average molecular weight is 339 g/mol. The van der Waals surface area contributed by atoms with Crippen LogP contribution in [0.25, 0.3) is 0 Å². The summed E-state index contributed by atoms with van der Waals surface area (Å²) in [5.41, 5.74) is 1.17. The van der Waals surface area contributed by atoms with Gasteiger partial charge in [0, 0.05) is 12.5 Å². The third kappa shape index (κ3) is 1.97. The molecule has 2 fully saturated rings. The molecule has 1 aromatic carbocycles. The van der Waals surface area contributed by atoms with Crippen molar-refractivity contribution in [2.45, 2.75) is 35.6 Å². The molecule has 4 nitrogen and oxygen atoms in total. The van der Waals surface area contributed by atoms with Crippen molar-refractivity contribution >= 4 is 35.1 Å². The predicted molar refractivity (Wildman–Crippen MR) is 83.8 cm³/mol. The van der Waals surface area contributed by atoms with Crippen molar-refractivity contribution < 1.29 is 9.59 Å². The first-order valence-corrected chi connectivity index (χ1v) is 8.30. The Balaban J connectivity index is 1.67. The fourth-order valence-electron chi connectivity index (χ4n) is 3.67. The number of benzene rings is 1. The van der Waals surface area contributed by atoms with Crippen LogP contribution in [-0.2, 0) is 16.8 Å². The smallest absolute Gasteiger partial charge is 0.319 e. The summed E-state index contributed by atoms with van der Waals surface area (Å²) < 4.78 is -0.791. The van der Waals surface area contributed by atoms with E-state index in [1.54, 1.807) is 0 Å². The molecule has 3 aliphatic rings.